The minimum Gasteiger partial charge on any atom is -0.315 e. The molecule has 3 nitrogen and oxygen atoms in total. The number of aryl methyl sites for hydroxylation is 1. The van der Waals surface area contributed by atoms with Gasteiger partial charge in [0.25, 0.3) is 0 Å². The van der Waals surface area contributed by atoms with E-state index >= 15 is 0 Å². The van der Waals surface area contributed by atoms with Gasteiger partial charge in [0.15, 0.2) is 0 Å². The minimum absolute atomic E-state index is 0.620. The predicted molar refractivity (Wildman–Crippen MR) is 55.5 cm³/mol. The molecule has 0 radical (unpaired) electrons. The largest absolute Gasteiger partial charge is 0.315 e. The fourth-order valence-corrected chi connectivity index (χ4v) is 1.87. The maximum absolute atomic E-state index is 4.66. The van der Waals surface area contributed by atoms with Crippen LogP contribution in [0.3, 0.4) is 0 Å². The van der Waals surface area contributed by atoms with Gasteiger partial charge in [-0.2, -0.15) is 0 Å². The lowest BCUT2D eigenvalue weighted by Crippen LogP contribution is -2.40. The van der Waals surface area contributed by atoms with Crippen LogP contribution in [0.15, 0.2) is 24.5 Å². The van der Waals surface area contributed by atoms with E-state index in [-0.39, 0.29) is 0 Å². The molecule has 0 saturated carbocycles. The third-order valence-electron chi connectivity index (χ3n) is 2.90. The van der Waals surface area contributed by atoms with Crippen LogP contribution < -0.4 is 5.32 Å². The van der Waals surface area contributed by atoms with Crippen molar-refractivity contribution in [1.82, 2.24) is 14.7 Å². The maximum Gasteiger partial charge on any atom is 0.139 e. The summed E-state index contributed by atoms with van der Waals surface area (Å²) in [5, 5.41) is 3.27. The molecule has 72 valence electrons. The molecule has 1 N–H and O–H groups in total. The molecule has 0 aliphatic carbocycles. The second kappa shape index (κ2) is 2.82. The number of hydrogen-bond donors (Lipinski definition) is 1. The summed E-state index contributed by atoms with van der Waals surface area (Å²) in [7, 11) is 0. The Kier molecular flexibility index (Phi) is 1.61. The normalized spacial score (nSPS) is 17.2. The standard InChI is InChI=1S/C11H13N3/c1-8-3-2-4-14-7-10(13-11(8)14)9-5-12-6-9/h2-4,7,9,12H,5-6H2,1H3. The molecule has 2 aromatic heterocycles. The van der Waals surface area contributed by atoms with E-state index in [2.05, 4.69) is 46.2 Å². The zero-order chi connectivity index (χ0) is 9.54. The first-order valence-corrected chi connectivity index (χ1v) is 4.99. The smallest absolute Gasteiger partial charge is 0.139 e. The Hall–Kier alpha value is -1.35. The SMILES string of the molecule is Cc1cccn2cc(C3CNC3)nc12. The molecule has 0 spiro atoms. The molecule has 0 aromatic carbocycles. The minimum atomic E-state index is 0.620. The summed E-state index contributed by atoms with van der Waals surface area (Å²) in [6.07, 6.45) is 4.21. The Bertz CT molecular complexity index is 468. The van der Waals surface area contributed by atoms with Gasteiger partial charge in [0, 0.05) is 31.4 Å². The van der Waals surface area contributed by atoms with Gasteiger partial charge in [0.05, 0.1) is 5.69 Å². The number of fused-ring (bicyclic) bond motifs is 1. The summed E-state index contributed by atoms with van der Waals surface area (Å²) in [4.78, 5) is 4.66. The first-order chi connectivity index (χ1) is 6.84. The van der Waals surface area contributed by atoms with Gasteiger partial charge >= 0.3 is 0 Å². The van der Waals surface area contributed by atoms with Gasteiger partial charge in [-0.3, -0.25) is 0 Å². The monoisotopic (exact) mass is 187 g/mol. The summed E-state index contributed by atoms with van der Waals surface area (Å²) < 4.78 is 2.11. The summed E-state index contributed by atoms with van der Waals surface area (Å²) in [6.45, 7) is 4.25. The van der Waals surface area contributed by atoms with E-state index in [9.17, 15) is 0 Å². The van der Waals surface area contributed by atoms with Crippen LogP contribution in [0.25, 0.3) is 5.65 Å². The van der Waals surface area contributed by atoms with E-state index in [0.717, 1.165) is 18.7 Å². The fraction of sp³-hybridized carbons (Fsp3) is 0.364. The van der Waals surface area contributed by atoms with Crippen molar-refractivity contribution in [3.63, 3.8) is 0 Å². The zero-order valence-electron chi connectivity index (χ0n) is 8.20. The summed E-state index contributed by atoms with van der Waals surface area (Å²) >= 11 is 0. The van der Waals surface area contributed by atoms with Crippen molar-refractivity contribution in [1.29, 1.82) is 0 Å². The second-order valence-electron chi connectivity index (χ2n) is 3.94. The topological polar surface area (TPSA) is 29.3 Å². The van der Waals surface area contributed by atoms with Crippen LogP contribution in [0.4, 0.5) is 0 Å². The molecule has 1 fully saturated rings. The van der Waals surface area contributed by atoms with Crippen LogP contribution in [-0.4, -0.2) is 22.5 Å². The predicted octanol–water partition coefficient (Wildman–Crippen LogP) is 1.33. The van der Waals surface area contributed by atoms with Crippen molar-refractivity contribution in [3.05, 3.63) is 35.8 Å². The first kappa shape index (κ1) is 8.00. The molecule has 14 heavy (non-hydrogen) atoms. The lowest BCUT2D eigenvalue weighted by atomic mass is 10.0. The van der Waals surface area contributed by atoms with Crippen LogP contribution in [0, 0.1) is 6.92 Å². The molecule has 3 rings (SSSR count). The highest BCUT2D eigenvalue weighted by atomic mass is 15.0. The first-order valence-electron chi connectivity index (χ1n) is 4.99. The quantitative estimate of drug-likeness (QED) is 0.729. The summed E-state index contributed by atoms with van der Waals surface area (Å²) in [5.41, 5.74) is 3.55. The number of hydrogen-bond acceptors (Lipinski definition) is 2. The van der Waals surface area contributed by atoms with Crippen LogP contribution in [-0.2, 0) is 0 Å². The number of pyridine rings is 1. The van der Waals surface area contributed by atoms with Crippen LogP contribution in [0.2, 0.25) is 0 Å². The molecule has 3 heteroatoms. The molecular formula is C11H13N3. The van der Waals surface area contributed by atoms with Gasteiger partial charge in [-0.15, -0.1) is 0 Å². The maximum atomic E-state index is 4.66. The lowest BCUT2D eigenvalue weighted by molar-refractivity contribution is 0.441. The number of nitrogens with one attached hydrogen (secondary N) is 1. The molecule has 0 atom stereocenters. The lowest BCUT2D eigenvalue weighted by Gasteiger charge is -2.24. The number of imidazole rings is 1. The Morgan fingerprint density at radius 1 is 1.50 bits per heavy atom. The third kappa shape index (κ3) is 1.06. The highest BCUT2D eigenvalue weighted by molar-refractivity contribution is 5.48. The highest BCUT2D eigenvalue weighted by Gasteiger charge is 2.21. The van der Waals surface area contributed by atoms with Crippen LogP contribution in [0.1, 0.15) is 17.2 Å². The Labute approximate surface area is 82.8 Å². The zero-order valence-corrected chi connectivity index (χ0v) is 8.20. The van der Waals surface area contributed by atoms with E-state index in [1.54, 1.807) is 0 Å². The number of aromatic nitrogens is 2. The van der Waals surface area contributed by atoms with E-state index in [1.807, 2.05) is 0 Å². The fourth-order valence-electron chi connectivity index (χ4n) is 1.87. The Morgan fingerprint density at radius 2 is 2.36 bits per heavy atom. The van der Waals surface area contributed by atoms with E-state index in [4.69, 9.17) is 0 Å². The molecule has 1 aliphatic heterocycles. The molecule has 0 unspecified atom stereocenters. The van der Waals surface area contributed by atoms with Crippen molar-refractivity contribution < 1.29 is 0 Å². The van der Waals surface area contributed by atoms with E-state index < -0.39 is 0 Å². The Morgan fingerprint density at radius 3 is 3.00 bits per heavy atom. The van der Waals surface area contributed by atoms with Gasteiger partial charge in [-0.05, 0) is 18.6 Å². The van der Waals surface area contributed by atoms with Crippen molar-refractivity contribution in [2.45, 2.75) is 12.8 Å². The highest BCUT2D eigenvalue weighted by Crippen LogP contribution is 2.20. The van der Waals surface area contributed by atoms with Gasteiger partial charge in [0.2, 0.25) is 0 Å². The Balaban J connectivity index is 2.15. The van der Waals surface area contributed by atoms with Gasteiger partial charge in [-0.1, -0.05) is 6.07 Å². The molecule has 0 bridgehead atoms. The molecule has 3 heterocycles. The van der Waals surface area contributed by atoms with Crippen molar-refractivity contribution in [2.75, 3.05) is 13.1 Å². The molecule has 1 aliphatic rings. The van der Waals surface area contributed by atoms with Gasteiger partial charge in [0.1, 0.15) is 5.65 Å². The van der Waals surface area contributed by atoms with Gasteiger partial charge < -0.3 is 9.72 Å². The molecule has 0 amide bonds. The number of rotatable bonds is 1. The van der Waals surface area contributed by atoms with Crippen molar-refractivity contribution >= 4 is 5.65 Å². The second-order valence-corrected chi connectivity index (χ2v) is 3.94. The summed E-state index contributed by atoms with van der Waals surface area (Å²) in [5.74, 6) is 0.620. The average molecular weight is 187 g/mol. The van der Waals surface area contributed by atoms with Crippen LogP contribution >= 0.6 is 0 Å². The molecule has 1 saturated heterocycles. The van der Waals surface area contributed by atoms with E-state index in [1.165, 1.54) is 11.3 Å². The number of nitrogens with zero attached hydrogens (tertiary/aromatic N) is 2. The summed E-state index contributed by atoms with van der Waals surface area (Å²) in [6, 6.07) is 4.16. The average Bonchev–Trinajstić information content (AvgIpc) is 2.46. The van der Waals surface area contributed by atoms with Gasteiger partial charge in [-0.25, -0.2) is 4.98 Å². The van der Waals surface area contributed by atoms with Crippen molar-refractivity contribution in [2.24, 2.45) is 0 Å². The van der Waals surface area contributed by atoms with Crippen molar-refractivity contribution in [3.8, 4) is 0 Å². The third-order valence-corrected chi connectivity index (χ3v) is 2.90. The van der Waals surface area contributed by atoms with E-state index in [0.29, 0.717) is 5.92 Å². The molecular weight excluding hydrogens is 174 g/mol. The van der Waals surface area contributed by atoms with Crippen LogP contribution in [0.5, 0.6) is 0 Å². The molecule has 2 aromatic rings.